The molecule has 1 aromatic rings. The average Bonchev–Trinajstić information content (AvgIpc) is 2.81. The first-order chi connectivity index (χ1) is 15.6. The summed E-state index contributed by atoms with van der Waals surface area (Å²) in [6.07, 6.45) is 12.7. The van der Waals surface area contributed by atoms with E-state index in [9.17, 15) is 19.2 Å². The van der Waals surface area contributed by atoms with Gasteiger partial charge in [0.05, 0.1) is 0 Å². The minimum absolute atomic E-state index is 0.133. The Morgan fingerprint density at radius 3 is 2.09 bits per heavy atom. The Bertz CT molecular complexity index is 738. The van der Waals surface area contributed by atoms with Gasteiger partial charge >= 0.3 is 17.8 Å². The summed E-state index contributed by atoms with van der Waals surface area (Å²) in [5.74, 6) is -1.48. The van der Waals surface area contributed by atoms with Gasteiger partial charge in [0.15, 0.2) is 0 Å². The number of urea groups is 1. The van der Waals surface area contributed by atoms with Gasteiger partial charge in [0.25, 0.3) is 0 Å². The number of nitrogens with zero attached hydrogens (tertiary/aromatic N) is 2. The molecule has 1 aromatic carbocycles. The molecule has 1 N–H and O–H groups in total. The molecule has 0 saturated carbocycles. The molecule has 2 rings (SSSR count). The number of carbonyl (C=O) groups excluding carboxylic acids is 4. The maximum absolute atomic E-state index is 12.5. The number of carbonyl (C=O) groups is 4. The third-order valence-electron chi connectivity index (χ3n) is 5.91. The monoisotopic (exact) mass is 443 g/mol. The molecule has 0 spiro atoms. The van der Waals surface area contributed by atoms with E-state index in [4.69, 9.17) is 0 Å². The van der Waals surface area contributed by atoms with Gasteiger partial charge in [0.1, 0.15) is 12.3 Å². The summed E-state index contributed by atoms with van der Waals surface area (Å²) in [6, 6.07) is 7.19. The van der Waals surface area contributed by atoms with Gasteiger partial charge in [-0.1, -0.05) is 95.0 Å². The van der Waals surface area contributed by atoms with Crippen LogP contribution in [0, 0.1) is 0 Å². The van der Waals surface area contributed by atoms with Crippen LogP contribution in [0.15, 0.2) is 30.3 Å². The fourth-order valence-electron chi connectivity index (χ4n) is 3.94. The molecule has 7 nitrogen and oxygen atoms in total. The van der Waals surface area contributed by atoms with E-state index in [1.165, 1.54) is 49.8 Å². The van der Waals surface area contributed by atoms with Crippen LogP contribution in [-0.2, 0) is 14.4 Å². The van der Waals surface area contributed by atoms with E-state index in [2.05, 4.69) is 12.2 Å². The van der Waals surface area contributed by atoms with Crippen molar-refractivity contribution in [3.63, 3.8) is 0 Å². The number of hydrogen-bond donors (Lipinski definition) is 1. The molecule has 7 heteroatoms. The van der Waals surface area contributed by atoms with Gasteiger partial charge in [-0.25, -0.2) is 4.79 Å². The molecule has 1 fully saturated rings. The standard InChI is InChI=1S/C25H37N3O4/c1-2-3-4-5-6-7-8-9-10-14-17-27-18-19-28(24(31)23(27)30)25(32)26-22(20-29)21-15-12-11-13-16-21/h11-13,15-16,20,22H,2-10,14,17-19H2,1H3,(H,26,32). The predicted octanol–water partition coefficient (Wildman–Crippen LogP) is 4.23. The molecule has 1 heterocycles. The Labute approximate surface area is 191 Å². The number of nitrogens with one attached hydrogen (secondary N) is 1. The minimum Gasteiger partial charge on any atom is -0.333 e. The highest BCUT2D eigenvalue weighted by atomic mass is 16.2. The van der Waals surface area contributed by atoms with Gasteiger partial charge < -0.3 is 15.0 Å². The van der Waals surface area contributed by atoms with Crippen molar-refractivity contribution in [2.24, 2.45) is 0 Å². The molecule has 4 amide bonds. The number of piperazine rings is 1. The Kier molecular flexibility index (Phi) is 11.5. The lowest BCUT2D eigenvalue weighted by molar-refractivity contribution is -0.153. The lowest BCUT2D eigenvalue weighted by Crippen LogP contribution is -2.58. The van der Waals surface area contributed by atoms with Gasteiger partial charge in [-0.15, -0.1) is 0 Å². The molecule has 176 valence electrons. The first-order valence-electron chi connectivity index (χ1n) is 12.0. The zero-order valence-corrected chi connectivity index (χ0v) is 19.3. The van der Waals surface area contributed by atoms with E-state index in [1.54, 1.807) is 24.3 Å². The second-order valence-corrected chi connectivity index (χ2v) is 8.40. The highest BCUT2D eigenvalue weighted by Crippen LogP contribution is 2.14. The predicted molar refractivity (Wildman–Crippen MR) is 124 cm³/mol. The van der Waals surface area contributed by atoms with Crippen LogP contribution in [0.3, 0.4) is 0 Å². The van der Waals surface area contributed by atoms with Crippen LogP contribution in [0.5, 0.6) is 0 Å². The number of rotatable bonds is 14. The molecule has 1 atom stereocenters. The molecule has 0 bridgehead atoms. The van der Waals surface area contributed by atoms with E-state index in [0.29, 0.717) is 24.9 Å². The lowest BCUT2D eigenvalue weighted by atomic mass is 10.1. The van der Waals surface area contributed by atoms with Crippen molar-refractivity contribution in [1.29, 1.82) is 0 Å². The number of hydrogen-bond acceptors (Lipinski definition) is 4. The van der Waals surface area contributed by atoms with Crippen LogP contribution >= 0.6 is 0 Å². The van der Waals surface area contributed by atoms with Crippen molar-refractivity contribution in [3.8, 4) is 0 Å². The maximum Gasteiger partial charge on any atom is 0.325 e. The molecular weight excluding hydrogens is 406 g/mol. The average molecular weight is 444 g/mol. The molecule has 0 aromatic heterocycles. The van der Waals surface area contributed by atoms with E-state index in [-0.39, 0.29) is 6.54 Å². The van der Waals surface area contributed by atoms with Crippen LogP contribution in [-0.4, -0.2) is 53.6 Å². The third kappa shape index (κ3) is 8.09. The summed E-state index contributed by atoms with van der Waals surface area (Å²) in [7, 11) is 0. The van der Waals surface area contributed by atoms with Gasteiger partial charge in [-0.3, -0.25) is 14.5 Å². The maximum atomic E-state index is 12.5. The lowest BCUT2D eigenvalue weighted by Gasteiger charge is -2.33. The van der Waals surface area contributed by atoms with Crippen LogP contribution in [0.1, 0.15) is 82.7 Å². The molecule has 32 heavy (non-hydrogen) atoms. The summed E-state index contributed by atoms with van der Waals surface area (Å²) in [5, 5.41) is 2.53. The van der Waals surface area contributed by atoms with Crippen molar-refractivity contribution < 1.29 is 19.2 Å². The molecule has 1 aliphatic rings. The first-order valence-corrected chi connectivity index (χ1v) is 12.0. The first kappa shape index (κ1) is 25.6. The van der Waals surface area contributed by atoms with Crippen LogP contribution in [0.25, 0.3) is 0 Å². The van der Waals surface area contributed by atoms with Gasteiger partial charge in [0.2, 0.25) is 0 Å². The van der Waals surface area contributed by atoms with Gasteiger partial charge in [0, 0.05) is 19.6 Å². The third-order valence-corrected chi connectivity index (χ3v) is 5.91. The Hall–Kier alpha value is -2.70. The molecular formula is C25H37N3O4. The number of imide groups is 1. The fourth-order valence-corrected chi connectivity index (χ4v) is 3.94. The normalized spacial score (nSPS) is 15.0. The van der Waals surface area contributed by atoms with E-state index in [1.807, 2.05) is 6.07 Å². The fraction of sp³-hybridized carbons (Fsp3) is 0.600. The second-order valence-electron chi connectivity index (χ2n) is 8.40. The second kappa shape index (κ2) is 14.4. The van der Waals surface area contributed by atoms with Crippen molar-refractivity contribution >= 4 is 24.1 Å². The number of benzene rings is 1. The quantitative estimate of drug-likeness (QED) is 0.265. The summed E-state index contributed by atoms with van der Waals surface area (Å²) >= 11 is 0. The number of aldehydes is 1. The zero-order valence-electron chi connectivity index (χ0n) is 19.3. The van der Waals surface area contributed by atoms with E-state index < -0.39 is 23.9 Å². The Morgan fingerprint density at radius 1 is 0.906 bits per heavy atom. The van der Waals surface area contributed by atoms with Crippen molar-refractivity contribution in [3.05, 3.63) is 35.9 Å². The van der Waals surface area contributed by atoms with E-state index in [0.717, 1.165) is 24.2 Å². The zero-order chi connectivity index (χ0) is 23.2. The van der Waals surface area contributed by atoms with E-state index >= 15 is 0 Å². The molecule has 0 aliphatic carbocycles. The topological polar surface area (TPSA) is 86.8 Å². The highest BCUT2D eigenvalue weighted by molar-refractivity contribution is 6.38. The Balaban J connectivity index is 1.68. The summed E-state index contributed by atoms with van der Waals surface area (Å²) in [5.41, 5.74) is 0.620. The largest absolute Gasteiger partial charge is 0.333 e. The molecule has 1 saturated heterocycles. The smallest absolute Gasteiger partial charge is 0.325 e. The molecule has 0 radical (unpaired) electrons. The highest BCUT2D eigenvalue weighted by Gasteiger charge is 2.36. The summed E-state index contributed by atoms with van der Waals surface area (Å²) < 4.78 is 0. The Morgan fingerprint density at radius 2 is 1.50 bits per heavy atom. The summed E-state index contributed by atoms with van der Waals surface area (Å²) in [6.45, 7) is 3.22. The molecule has 1 unspecified atom stereocenters. The van der Waals surface area contributed by atoms with Gasteiger partial charge in [-0.05, 0) is 12.0 Å². The van der Waals surface area contributed by atoms with Crippen LogP contribution in [0.4, 0.5) is 4.79 Å². The van der Waals surface area contributed by atoms with Crippen molar-refractivity contribution in [2.75, 3.05) is 19.6 Å². The van der Waals surface area contributed by atoms with Crippen molar-refractivity contribution in [2.45, 2.75) is 77.2 Å². The minimum atomic E-state index is -0.865. The molecule has 1 aliphatic heterocycles. The number of unbranched alkanes of at least 4 members (excludes halogenated alkanes) is 9. The van der Waals surface area contributed by atoms with Crippen molar-refractivity contribution in [1.82, 2.24) is 15.1 Å². The van der Waals surface area contributed by atoms with Crippen LogP contribution in [0.2, 0.25) is 0 Å². The SMILES string of the molecule is CCCCCCCCCCCCN1CCN(C(=O)NC(C=O)c2ccccc2)C(=O)C1=O. The summed E-state index contributed by atoms with van der Waals surface area (Å²) in [4.78, 5) is 51.2. The van der Waals surface area contributed by atoms with Crippen LogP contribution < -0.4 is 5.32 Å². The number of amides is 4. The van der Waals surface area contributed by atoms with Gasteiger partial charge in [-0.2, -0.15) is 0 Å².